The standard InChI is InChI=1S/C24H27N3O3/c1-17-24(19-5-3-4-6-20(19)25(17)2)21(28)15-27-11-9-26(10-12-27)14-18-7-8-22-23(13-18)30-16-29-22/h3-8,13H,9-12,14-16H2,1-2H3/p+1. The van der Waals surface area contributed by atoms with E-state index in [0.29, 0.717) is 13.3 Å². The van der Waals surface area contributed by atoms with Crippen LogP contribution < -0.4 is 14.4 Å². The SMILES string of the molecule is Cc1c(C(=O)CN2CC[NH+](Cc3ccc4c(c3)OCO4)CC2)c2ccccc2n1C. The smallest absolute Gasteiger partial charge is 0.231 e. The quantitative estimate of drug-likeness (QED) is 0.657. The lowest BCUT2D eigenvalue weighted by Crippen LogP contribution is -3.13. The molecule has 0 bridgehead atoms. The summed E-state index contributed by atoms with van der Waals surface area (Å²) >= 11 is 0. The van der Waals surface area contributed by atoms with E-state index >= 15 is 0 Å². The summed E-state index contributed by atoms with van der Waals surface area (Å²) in [5, 5.41) is 1.06. The van der Waals surface area contributed by atoms with Crippen LogP contribution in [0.5, 0.6) is 11.5 Å². The summed E-state index contributed by atoms with van der Waals surface area (Å²) in [6.45, 7) is 7.78. The number of Topliss-reactive ketones (excluding diaryl/α,β-unsaturated/α-hetero) is 1. The van der Waals surface area contributed by atoms with Crippen molar-refractivity contribution in [2.45, 2.75) is 13.5 Å². The summed E-state index contributed by atoms with van der Waals surface area (Å²) in [4.78, 5) is 17.0. The van der Waals surface area contributed by atoms with Gasteiger partial charge in [0.15, 0.2) is 17.3 Å². The number of nitrogens with one attached hydrogen (secondary N) is 1. The molecule has 0 saturated carbocycles. The summed E-state index contributed by atoms with van der Waals surface area (Å²) in [7, 11) is 2.03. The van der Waals surface area contributed by atoms with Crippen molar-refractivity contribution in [3.05, 3.63) is 59.3 Å². The highest BCUT2D eigenvalue weighted by molar-refractivity contribution is 6.10. The first-order chi connectivity index (χ1) is 14.6. The zero-order valence-corrected chi connectivity index (χ0v) is 17.6. The molecule has 2 aliphatic heterocycles. The molecule has 5 rings (SSSR count). The zero-order chi connectivity index (χ0) is 20.7. The van der Waals surface area contributed by atoms with Crippen molar-refractivity contribution < 1.29 is 19.2 Å². The summed E-state index contributed by atoms with van der Waals surface area (Å²) in [5.41, 5.74) is 4.32. The van der Waals surface area contributed by atoms with E-state index in [9.17, 15) is 4.79 Å². The number of carbonyl (C=O) groups is 1. The molecule has 0 aliphatic carbocycles. The Labute approximate surface area is 176 Å². The number of piperazine rings is 1. The molecule has 0 unspecified atom stereocenters. The predicted molar refractivity (Wildman–Crippen MR) is 115 cm³/mol. The Kier molecular flexibility index (Phi) is 4.97. The van der Waals surface area contributed by atoms with Gasteiger partial charge in [-0.05, 0) is 31.2 Å². The summed E-state index contributed by atoms with van der Waals surface area (Å²) in [6.07, 6.45) is 0. The van der Waals surface area contributed by atoms with E-state index in [-0.39, 0.29) is 5.78 Å². The number of aryl methyl sites for hydroxylation is 1. The number of fused-ring (bicyclic) bond motifs is 2. The van der Waals surface area contributed by atoms with Crippen LogP contribution in [0.25, 0.3) is 10.9 Å². The van der Waals surface area contributed by atoms with E-state index in [4.69, 9.17) is 9.47 Å². The minimum atomic E-state index is 0.225. The summed E-state index contributed by atoms with van der Waals surface area (Å²) in [5.74, 6) is 1.91. The van der Waals surface area contributed by atoms with Crippen molar-refractivity contribution >= 4 is 16.7 Å². The van der Waals surface area contributed by atoms with Gasteiger partial charge in [0.05, 0.1) is 19.6 Å². The largest absolute Gasteiger partial charge is 0.454 e. The molecule has 1 N–H and O–H groups in total. The number of nitrogens with zero attached hydrogens (tertiary/aromatic N) is 2. The molecular weight excluding hydrogens is 378 g/mol. The van der Waals surface area contributed by atoms with Gasteiger partial charge in [0.25, 0.3) is 0 Å². The molecule has 0 radical (unpaired) electrons. The van der Waals surface area contributed by atoms with E-state index in [1.54, 1.807) is 4.90 Å². The third-order valence-corrected chi connectivity index (χ3v) is 6.50. The lowest BCUT2D eigenvalue weighted by Gasteiger charge is -2.31. The Bertz CT molecular complexity index is 1100. The molecule has 30 heavy (non-hydrogen) atoms. The van der Waals surface area contributed by atoms with Crippen LogP contribution in [0.15, 0.2) is 42.5 Å². The van der Waals surface area contributed by atoms with Crippen LogP contribution in [0, 0.1) is 6.92 Å². The number of para-hydroxylation sites is 1. The maximum atomic E-state index is 13.2. The van der Waals surface area contributed by atoms with Gasteiger partial charge in [-0.25, -0.2) is 0 Å². The van der Waals surface area contributed by atoms with Crippen molar-refractivity contribution in [3.8, 4) is 11.5 Å². The predicted octanol–water partition coefficient (Wildman–Crippen LogP) is 1.80. The number of rotatable bonds is 5. The highest BCUT2D eigenvalue weighted by atomic mass is 16.7. The molecule has 1 aromatic heterocycles. The van der Waals surface area contributed by atoms with E-state index in [1.165, 1.54) is 5.56 Å². The van der Waals surface area contributed by atoms with Crippen LogP contribution >= 0.6 is 0 Å². The van der Waals surface area contributed by atoms with Crippen molar-refractivity contribution in [2.75, 3.05) is 39.5 Å². The molecule has 0 atom stereocenters. The number of benzene rings is 2. The Balaban J connectivity index is 1.21. The number of carbonyl (C=O) groups excluding carboxylic acids is 1. The van der Waals surface area contributed by atoms with Crippen LogP contribution in [-0.4, -0.2) is 54.8 Å². The fourth-order valence-electron chi connectivity index (χ4n) is 4.70. The van der Waals surface area contributed by atoms with E-state index in [0.717, 1.165) is 66.4 Å². The van der Waals surface area contributed by atoms with Crippen molar-refractivity contribution in [1.29, 1.82) is 0 Å². The van der Waals surface area contributed by atoms with Gasteiger partial charge < -0.3 is 18.9 Å². The lowest BCUT2D eigenvalue weighted by atomic mass is 10.1. The van der Waals surface area contributed by atoms with E-state index < -0.39 is 0 Å². The van der Waals surface area contributed by atoms with Gasteiger partial charge in [0.1, 0.15) is 6.54 Å². The number of hydrogen-bond donors (Lipinski definition) is 1. The van der Waals surface area contributed by atoms with Crippen LogP contribution in [0.1, 0.15) is 21.6 Å². The van der Waals surface area contributed by atoms with Gasteiger partial charge >= 0.3 is 0 Å². The minimum Gasteiger partial charge on any atom is -0.454 e. The zero-order valence-electron chi connectivity index (χ0n) is 17.6. The van der Waals surface area contributed by atoms with Gasteiger partial charge in [-0.15, -0.1) is 0 Å². The summed E-state index contributed by atoms with van der Waals surface area (Å²) < 4.78 is 13.0. The first-order valence-electron chi connectivity index (χ1n) is 10.6. The lowest BCUT2D eigenvalue weighted by molar-refractivity contribution is -0.918. The molecule has 2 aromatic carbocycles. The second-order valence-electron chi connectivity index (χ2n) is 8.35. The Morgan fingerprint density at radius 1 is 1.07 bits per heavy atom. The molecule has 156 valence electrons. The second kappa shape index (κ2) is 7.78. The van der Waals surface area contributed by atoms with Gasteiger partial charge in [-0.2, -0.15) is 0 Å². The monoisotopic (exact) mass is 406 g/mol. The highest BCUT2D eigenvalue weighted by Gasteiger charge is 2.25. The van der Waals surface area contributed by atoms with Crippen molar-refractivity contribution in [3.63, 3.8) is 0 Å². The third-order valence-electron chi connectivity index (χ3n) is 6.50. The molecular formula is C24H28N3O3+. The Morgan fingerprint density at radius 3 is 2.67 bits per heavy atom. The van der Waals surface area contributed by atoms with Crippen molar-refractivity contribution in [1.82, 2.24) is 9.47 Å². The third kappa shape index (κ3) is 3.46. The van der Waals surface area contributed by atoms with Gasteiger partial charge in [0, 0.05) is 47.9 Å². The second-order valence-corrected chi connectivity index (χ2v) is 8.35. The number of quaternary nitrogens is 1. The Hall–Kier alpha value is -2.83. The van der Waals surface area contributed by atoms with Crippen molar-refractivity contribution in [2.24, 2.45) is 7.05 Å². The van der Waals surface area contributed by atoms with E-state index in [1.807, 2.05) is 32.2 Å². The molecule has 3 aromatic rings. The van der Waals surface area contributed by atoms with Crippen LogP contribution in [0.3, 0.4) is 0 Å². The van der Waals surface area contributed by atoms with Crippen LogP contribution in [-0.2, 0) is 13.6 Å². The molecule has 3 heterocycles. The molecule has 1 fully saturated rings. The first kappa shape index (κ1) is 19.2. The number of hydrogen-bond acceptors (Lipinski definition) is 4. The fourth-order valence-corrected chi connectivity index (χ4v) is 4.70. The molecule has 0 spiro atoms. The summed E-state index contributed by atoms with van der Waals surface area (Å²) in [6, 6.07) is 14.4. The van der Waals surface area contributed by atoms with Gasteiger partial charge in [-0.1, -0.05) is 18.2 Å². The molecule has 2 aliphatic rings. The topological polar surface area (TPSA) is 48.1 Å². The average Bonchev–Trinajstić information content (AvgIpc) is 3.32. The van der Waals surface area contributed by atoms with Crippen LogP contribution in [0.4, 0.5) is 0 Å². The molecule has 6 nitrogen and oxygen atoms in total. The number of aromatic nitrogens is 1. The minimum absolute atomic E-state index is 0.225. The van der Waals surface area contributed by atoms with E-state index in [2.05, 4.69) is 33.7 Å². The maximum absolute atomic E-state index is 13.2. The van der Waals surface area contributed by atoms with Crippen LogP contribution in [0.2, 0.25) is 0 Å². The molecule has 0 amide bonds. The highest BCUT2D eigenvalue weighted by Crippen LogP contribution is 2.32. The average molecular weight is 407 g/mol. The molecule has 6 heteroatoms. The fraction of sp³-hybridized carbons (Fsp3) is 0.375. The first-order valence-corrected chi connectivity index (χ1v) is 10.6. The van der Waals surface area contributed by atoms with Gasteiger partial charge in [-0.3, -0.25) is 9.69 Å². The maximum Gasteiger partial charge on any atom is 0.231 e. The van der Waals surface area contributed by atoms with Gasteiger partial charge in [0.2, 0.25) is 6.79 Å². The molecule has 1 saturated heterocycles. The normalized spacial score (nSPS) is 17.0. The number of ether oxygens (including phenoxy) is 2. The Morgan fingerprint density at radius 2 is 1.83 bits per heavy atom. The number of ketones is 1.